The van der Waals surface area contributed by atoms with Crippen LogP contribution in [-0.2, 0) is 45.3 Å². The summed E-state index contributed by atoms with van der Waals surface area (Å²) in [6, 6.07) is 0.809. The molecule has 4 heterocycles. The molecule has 1 amide bonds. The number of fused-ring (bicyclic) bond motifs is 1. The molecule has 1 aliphatic carbocycles. The molecule has 29 heteroatoms. The largest absolute Gasteiger partial charge is 0.475 e. The summed E-state index contributed by atoms with van der Waals surface area (Å²) in [5.41, 5.74) is -2.41. The summed E-state index contributed by atoms with van der Waals surface area (Å²) in [7, 11) is -16.1. The number of aliphatic hydroxyl groups is 1. The maximum Gasteiger partial charge on any atom is 0.475 e. The molecular formula is C38H63FN10O14P2Si2. The Morgan fingerprint density at radius 2 is 1.72 bits per heavy atom. The van der Waals surface area contributed by atoms with Crippen LogP contribution in [0, 0.1) is 23.2 Å². The highest BCUT2D eigenvalue weighted by atomic mass is 31.2. The normalized spacial score (nSPS) is 25.1. The molecule has 1 saturated carbocycles. The van der Waals surface area contributed by atoms with E-state index in [-0.39, 0.29) is 58.1 Å². The van der Waals surface area contributed by atoms with Crippen molar-refractivity contribution in [2.45, 2.75) is 147 Å². The number of halogens is 1. The third kappa shape index (κ3) is 12.5. The van der Waals surface area contributed by atoms with Crippen molar-refractivity contribution in [3.05, 3.63) is 29.3 Å². The van der Waals surface area contributed by atoms with Crippen LogP contribution in [-0.4, -0.2) is 129 Å². The first-order chi connectivity index (χ1) is 31.5. The number of nitriles is 1. The molecule has 0 bridgehead atoms. The highest BCUT2D eigenvalue weighted by Crippen LogP contribution is 2.56. The Labute approximate surface area is 390 Å². The fraction of sp³-hybridized carbons (Fsp3) is 0.737. The van der Waals surface area contributed by atoms with Crippen molar-refractivity contribution >= 4 is 62.2 Å². The number of ether oxygens (including phenoxy) is 1. The Morgan fingerprint density at radius 1 is 1.06 bits per heavy atom. The van der Waals surface area contributed by atoms with Gasteiger partial charge in [0.25, 0.3) is 5.56 Å². The second-order valence-corrected chi connectivity index (χ2v) is 29.0. The first-order valence-corrected chi connectivity index (χ1v) is 28.7. The number of imidazole rings is 1. The Balaban J connectivity index is 1.64. The first kappa shape index (κ1) is 54.5. The van der Waals surface area contributed by atoms with Gasteiger partial charge in [-0.15, -0.1) is 0 Å². The van der Waals surface area contributed by atoms with Crippen LogP contribution in [0.25, 0.3) is 11.2 Å². The van der Waals surface area contributed by atoms with Gasteiger partial charge in [0.15, 0.2) is 17.4 Å². The fourth-order valence-corrected chi connectivity index (χ4v) is 20.0. The van der Waals surface area contributed by atoms with Crippen molar-refractivity contribution in [3.63, 3.8) is 0 Å². The van der Waals surface area contributed by atoms with Crippen molar-refractivity contribution in [3.8, 4) is 6.07 Å². The average Bonchev–Trinajstić information content (AvgIpc) is 3.92. The number of amides is 1. The second kappa shape index (κ2) is 23.0. The molecule has 67 heavy (non-hydrogen) atoms. The van der Waals surface area contributed by atoms with Gasteiger partial charge in [-0.3, -0.25) is 42.6 Å². The lowest BCUT2D eigenvalue weighted by Crippen LogP contribution is -2.62. The number of anilines is 2. The Kier molecular flexibility index (Phi) is 18.7. The predicted octanol–water partition coefficient (Wildman–Crippen LogP) is 4.75. The smallest absolute Gasteiger partial charge is 0.414 e. The van der Waals surface area contributed by atoms with Crippen molar-refractivity contribution in [2.75, 3.05) is 30.5 Å². The molecule has 3 aromatic heterocycles. The average molecular weight is 1020 g/mol. The topological polar surface area (TPSA) is 327 Å². The van der Waals surface area contributed by atoms with Crippen LogP contribution in [0.1, 0.15) is 88.3 Å². The number of phosphoric acid groups is 1. The van der Waals surface area contributed by atoms with Crippen molar-refractivity contribution < 1.29 is 64.5 Å². The maximum absolute atomic E-state index is 16.0. The molecule has 24 nitrogen and oxygen atoms in total. The van der Waals surface area contributed by atoms with E-state index in [0.717, 1.165) is 0 Å². The number of aliphatic hydroxyl groups excluding tert-OH is 1. The highest BCUT2D eigenvalue weighted by Gasteiger charge is 2.60. The first-order valence-electron chi connectivity index (χ1n) is 22.0. The lowest BCUT2D eigenvalue weighted by Gasteiger charge is -2.47. The number of alkyl halides is 1. The summed E-state index contributed by atoms with van der Waals surface area (Å²) in [5.74, 6) is -2.24. The van der Waals surface area contributed by atoms with E-state index in [4.69, 9.17) is 31.4 Å². The highest BCUT2D eigenvalue weighted by molar-refractivity contribution is 7.48. The zero-order valence-electron chi connectivity index (χ0n) is 39.1. The third-order valence-corrected chi connectivity index (χ3v) is 23.5. The van der Waals surface area contributed by atoms with E-state index in [1.54, 1.807) is 13.8 Å². The molecular weight excluding hydrogens is 958 g/mol. The van der Waals surface area contributed by atoms with E-state index in [9.17, 15) is 34.2 Å². The molecule has 10 atom stereocenters. The van der Waals surface area contributed by atoms with Crippen LogP contribution < -0.4 is 16.2 Å². The summed E-state index contributed by atoms with van der Waals surface area (Å²) in [6.07, 6.45) is -6.23. The molecule has 5 rings (SSSR count). The molecule has 1 saturated heterocycles. The number of aromatic amines is 1. The molecule has 0 aromatic carbocycles. The van der Waals surface area contributed by atoms with Gasteiger partial charge >= 0.3 is 33.2 Å². The van der Waals surface area contributed by atoms with Crippen LogP contribution in [0.3, 0.4) is 0 Å². The van der Waals surface area contributed by atoms with Crippen LogP contribution in [0.5, 0.6) is 0 Å². The van der Waals surface area contributed by atoms with E-state index in [2.05, 4.69) is 40.5 Å². The number of phosphoric ester groups is 1. The van der Waals surface area contributed by atoms with Crippen molar-refractivity contribution in [1.82, 2.24) is 34.5 Å². The van der Waals surface area contributed by atoms with Crippen LogP contribution in [0.2, 0.25) is 22.2 Å². The monoisotopic (exact) mass is 1020 g/mol. The molecule has 1 unspecified atom stereocenters. The molecule has 2 fully saturated rings. The number of hydrogen-bond donors (Lipinski definition) is 6. The number of rotatable bonds is 24. The minimum absolute atomic E-state index is 0.0115. The third-order valence-electron chi connectivity index (χ3n) is 11.8. The maximum atomic E-state index is 16.0. The number of nitrogens with one attached hydrogen (secondary N) is 3. The van der Waals surface area contributed by atoms with Gasteiger partial charge in [0.2, 0.25) is 17.8 Å². The van der Waals surface area contributed by atoms with Gasteiger partial charge in [-0.2, -0.15) is 10.2 Å². The van der Waals surface area contributed by atoms with Gasteiger partial charge in [0.1, 0.15) is 43.2 Å². The summed E-state index contributed by atoms with van der Waals surface area (Å²) in [6.45, 7) is 16.4. The molecule has 374 valence electrons. The van der Waals surface area contributed by atoms with E-state index >= 15 is 8.96 Å². The summed E-state index contributed by atoms with van der Waals surface area (Å²) in [4.78, 5) is 71.0. The van der Waals surface area contributed by atoms with E-state index in [1.807, 2.05) is 61.5 Å². The zero-order chi connectivity index (χ0) is 49.6. The van der Waals surface area contributed by atoms with Gasteiger partial charge in [-0.05, 0) is 28.6 Å². The predicted molar refractivity (Wildman–Crippen MR) is 244 cm³/mol. The molecule has 1 aliphatic heterocycles. The minimum Gasteiger partial charge on any atom is -0.414 e. The molecule has 2 aliphatic rings. The Bertz CT molecular complexity index is 2300. The number of hydrogen-bond acceptors (Lipinski definition) is 20. The number of nitrogens with zero attached hydrogens (tertiary/aromatic N) is 7. The summed E-state index contributed by atoms with van der Waals surface area (Å²) in [5, 5.41) is 25.9. The summed E-state index contributed by atoms with van der Waals surface area (Å²) >= 11 is 0. The zero-order valence-corrected chi connectivity index (χ0v) is 43.0. The SMILES string of the molecule is CC(C)C(=O)Nc1nc2c(ncn2[C@@H]2O[C@H](CO)[C@@H](O[Si](O[Si](O)(C(C)C)C(C)C)(C(C)C)C(C)C)[C@H]2O[P@](=O)(OCCC#N)OC[C@H]2C[C@@H](Nc3ncncn3)[C@H](F)[C@@H]2O[PH](=O)O)c(=O)[nH]1. The minimum atomic E-state index is -5.03. The molecule has 0 spiro atoms. The van der Waals surface area contributed by atoms with E-state index < -0.39 is 119 Å². The number of carbonyl (C=O) groups excluding carboxylic acids is 1. The molecule has 6 N–H and O–H groups in total. The van der Waals surface area contributed by atoms with Gasteiger partial charge in [-0.1, -0.05) is 69.2 Å². The van der Waals surface area contributed by atoms with E-state index in [1.165, 1.54) is 23.5 Å². The Morgan fingerprint density at radius 3 is 2.28 bits per heavy atom. The van der Waals surface area contributed by atoms with Gasteiger partial charge in [-0.25, -0.2) is 28.9 Å². The number of aromatic nitrogens is 7. The van der Waals surface area contributed by atoms with Crippen molar-refractivity contribution in [2.24, 2.45) is 11.8 Å². The standard InChI is InChI=1S/C38H63FN10O14P2Si2/c1-20(2)34(51)47-38-46-33-29(35(52)48-38)44-19-49(33)36-32(31(27(15-50)59-36)62-67(23(7)8,24(9)10)63-66(56,21(3)4)22(5)6)61-65(55,57-13-11-12-40)58-16-25-14-26(28(39)30(25)60-64(53)54)45-37-42-17-41-18-43-37/h17-28,30-32,36,50,56,64H,11,13-16H2,1-10H3,(H,53,54)(H,41,42,43,45)(H2,46,47,48,51,52)/t25-,26-,27-,28+,30-,31-,32-,36-,65-/m1/s1. The lowest BCUT2D eigenvalue weighted by atomic mass is 10.1. The van der Waals surface area contributed by atoms with Gasteiger partial charge in [0.05, 0.1) is 44.7 Å². The number of carbonyl (C=O) groups is 1. The van der Waals surface area contributed by atoms with Crippen LogP contribution in [0.15, 0.2) is 23.8 Å². The Hall–Kier alpha value is -3.46. The second-order valence-electron chi connectivity index (χ2n) is 18.0. The van der Waals surface area contributed by atoms with Crippen LogP contribution in [0.4, 0.5) is 16.3 Å². The number of H-pyrrole nitrogens is 1. The van der Waals surface area contributed by atoms with E-state index in [0.29, 0.717) is 0 Å². The van der Waals surface area contributed by atoms with Gasteiger partial charge in [0, 0.05) is 11.8 Å². The summed E-state index contributed by atoms with van der Waals surface area (Å²) < 4.78 is 88.4. The molecule has 0 radical (unpaired) electrons. The van der Waals surface area contributed by atoms with Crippen LogP contribution >= 0.6 is 16.1 Å². The fourth-order valence-electron chi connectivity index (χ4n) is 8.11. The lowest BCUT2D eigenvalue weighted by molar-refractivity contribution is -0.118. The van der Waals surface area contributed by atoms with Gasteiger partial charge < -0.3 is 37.9 Å². The quantitative estimate of drug-likeness (QED) is 0.0400. The molecule has 3 aromatic rings. The van der Waals surface area contributed by atoms with Crippen molar-refractivity contribution in [1.29, 1.82) is 5.26 Å².